The monoisotopic (exact) mass is 300 g/mol. The van der Waals surface area contributed by atoms with Crippen LogP contribution in [0.5, 0.6) is 5.88 Å². The number of anilines is 1. The predicted octanol–water partition coefficient (Wildman–Crippen LogP) is -0.263. The average molecular weight is 300 g/mol. The Bertz CT molecular complexity index is 512. The van der Waals surface area contributed by atoms with Crippen molar-refractivity contribution >= 4 is 15.7 Å². The number of nitrogens with zero attached hydrogens (tertiary/aromatic N) is 2. The molecule has 2 rings (SSSR count). The highest BCUT2D eigenvalue weighted by atomic mass is 32.2. The number of piperazine rings is 1. The Labute approximate surface area is 119 Å². The first-order chi connectivity index (χ1) is 9.59. The van der Waals surface area contributed by atoms with Gasteiger partial charge < -0.3 is 10.1 Å². The second-order valence-corrected chi connectivity index (χ2v) is 6.44. The van der Waals surface area contributed by atoms with E-state index in [4.69, 9.17) is 4.74 Å². The van der Waals surface area contributed by atoms with Crippen molar-refractivity contribution in [2.24, 2.45) is 0 Å². The van der Waals surface area contributed by atoms with Crippen LogP contribution in [-0.4, -0.2) is 63.9 Å². The summed E-state index contributed by atoms with van der Waals surface area (Å²) in [6.45, 7) is 4.14. The number of pyridine rings is 1. The minimum absolute atomic E-state index is 0.0824. The molecule has 0 saturated carbocycles. The number of methoxy groups -OCH3 is 1. The van der Waals surface area contributed by atoms with Gasteiger partial charge in [-0.3, -0.25) is 9.62 Å². The fraction of sp³-hybridized carbons (Fsp3) is 0.583. The molecule has 1 aliphatic rings. The van der Waals surface area contributed by atoms with Crippen molar-refractivity contribution in [2.45, 2.75) is 0 Å². The van der Waals surface area contributed by atoms with E-state index in [0.29, 0.717) is 18.1 Å². The van der Waals surface area contributed by atoms with Gasteiger partial charge in [-0.05, 0) is 6.07 Å². The molecular formula is C12H20N4O3S. The zero-order valence-electron chi connectivity index (χ0n) is 11.5. The first-order valence-electron chi connectivity index (χ1n) is 6.53. The van der Waals surface area contributed by atoms with Crippen LogP contribution in [-0.2, 0) is 10.0 Å². The molecule has 0 atom stereocenters. The van der Waals surface area contributed by atoms with Gasteiger partial charge in [0, 0.05) is 38.8 Å². The fourth-order valence-electron chi connectivity index (χ4n) is 1.98. The predicted molar refractivity (Wildman–Crippen MR) is 77.5 cm³/mol. The van der Waals surface area contributed by atoms with Crippen LogP contribution in [0.15, 0.2) is 18.3 Å². The topological polar surface area (TPSA) is 83.6 Å². The fourth-order valence-corrected chi connectivity index (χ4v) is 3.06. The van der Waals surface area contributed by atoms with Gasteiger partial charge in [-0.15, -0.1) is 0 Å². The van der Waals surface area contributed by atoms with Crippen LogP contribution < -0.4 is 14.8 Å². The molecule has 20 heavy (non-hydrogen) atoms. The molecule has 0 spiro atoms. The quantitative estimate of drug-likeness (QED) is 0.753. The molecule has 1 aromatic heterocycles. The van der Waals surface area contributed by atoms with Crippen molar-refractivity contribution in [3.63, 3.8) is 0 Å². The number of nitrogens with one attached hydrogen (secondary N) is 2. The van der Waals surface area contributed by atoms with Gasteiger partial charge in [-0.25, -0.2) is 13.4 Å². The molecule has 0 aromatic carbocycles. The maximum absolute atomic E-state index is 12.0. The van der Waals surface area contributed by atoms with Gasteiger partial charge in [0.2, 0.25) is 15.9 Å². The summed E-state index contributed by atoms with van der Waals surface area (Å²) in [4.78, 5) is 6.10. The standard InChI is InChI=1S/C12H20N4O3S/c1-19-12-3-2-11(10-14-12)15-20(17,18)9-8-16-6-4-13-5-7-16/h2-3,10,13,15H,4-9H2,1H3. The molecule has 1 fully saturated rings. The van der Waals surface area contributed by atoms with Gasteiger partial charge in [0.1, 0.15) is 0 Å². The van der Waals surface area contributed by atoms with Gasteiger partial charge in [0.25, 0.3) is 0 Å². The van der Waals surface area contributed by atoms with Crippen LogP contribution in [0, 0.1) is 0 Å². The van der Waals surface area contributed by atoms with E-state index >= 15 is 0 Å². The number of sulfonamides is 1. The van der Waals surface area contributed by atoms with Crippen LogP contribution in [0.2, 0.25) is 0 Å². The molecule has 2 heterocycles. The van der Waals surface area contributed by atoms with Crippen molar-refractivity contribution < 1.29 is 13.2 Å². The first kappa shape index (κ1) is 15.0. The summed E-state index contributed by atoms with van der Waals surface area (Å²) < 4.78 is 31.4. The van der Waals surface area contributed by atoms with Crippen LogP contribution >= 0.6 is 0 Å². The van der Waals surface area contributed by atoms with Gasteiger partial charge >= 0.3 is 0 Å². The Morgan fingerprint density at radius 1 is 1.40 bits per heavy atom. The van der Waals surface area contributed by atoms with E-state index in [-0.39, 0.29) is 5.75 Å². The molecule has 8 heteroatoms. The minimum Gasteiger partial charge on any atom is -0.481 e. The second kappa shape index (κ2) is 6.87. The normalized spacial score (nSPS) is 16.9. The van der Waals surface area contributed by atoms with Crippen molar-refractivity contribution in [1.29, 1.82) is 0 Å². The molecule has 2 N–H and O–H groups in total. The third-order valence-corrected chi connectivity index (χ3v) is 4.37. The van der Waals surface area contributed by atoms with Crippen LogP contribution in [0.1, 0.15) is 0 Å². The highest BCUT2D eigenvalue weighted by molar-refractivity contribution is 7.92. The third kappa shape index (κ3) is 4.62. The van der Waals surface area contributed by atoms with Gasteiger partial charge in [0.15, 0.2) is 0 Å². The van der Waals surface area contributed by atoms with Gasteiger partial charge in [0.05, 0.1) is 24.7 Å². The van der Waals surface area contributed by atoms with E-state index in [1.54, 1.807) is 12.1 Å². The van der Waals surface area contributed by atoms with Crippen molar-refractivity contribution in [2.75, 3.05) is 50.3 Å². The number of hydrogen-bond acceptors (Lipinski definition) is 6. The number of hydrogen-bond donors (Lipinski definition) is 2. The summed E-state index contributed by atoms with van der Waals surface area (Å²) in [5.41, 5.74) is 0.450. The average Bonchev–Trinajstić information content (AvgIpc) is 2.47. The molecule has 112 valence electrons. The lowest BCUT2D eigenvalue weighted by Gasteiger charge is -2.26. The zero-order valence-corrected chi connectivity index (χ0v) is 12.3. The Hall–Kier alpha value is -1.38. The number of aromatic nitrogens is 1. The Morgan fingerprint density at radius 2 is 2.15 bits per heavy atom. The molecule has 0 amide bonds. The molecule has 1 aliphatic heterocycles. The smallest absolute Gasteiger partial charge is 0.234 e. The molecule has 0 aliphatic carbocycles. The van der Waals surface area contributed by atoms with Crippen LogP contribution in [0.4, 0.5) is 5.69 Å². The Balaban J connectivity index is 1.85. The maximum Gasteiger partial charge on any atom is 0.234 e. The van der Waals surface area contributed by atoms with Gasteiger partial charge in [-0.2, -0.15) is 0 Å². The lowest BCUT2D eigenvalue weighted by Crippen LogP contribution is -2.45. The lowest BCUT2D eigenvalue weighted by molar-refractivity contribution is 0.254. The molecule has 7 nitrogen and oxygen atoms in total. The minimum atomic E-state index is -3.35. The largest absolute Gasteiger partial charge is 0.481 e. The molecule has 0 bridgehead atoms. The maximum atomic E-state index is 12.0. The summed E-state index contributed by atoms with van der Waals surface area (Å²) in [6, 6.07) is 3.25. The second-order valence-electron chi connectivity index (χ2n) is 4.60. The summed E-state index contributed by atoms with van der Waals surface area (Å²) in [7, 11) is -1.83. The van der Waals surface area contributed by atoms with Gasteiger partial charge in [-0.1, -0.05) is 0 Å². The van der Waals surface area contributed by atoms with Crippen molar-refractivity contribution in [3.8, 4) is 5.88 Å². The van der Waals surface area contributed by atoms with E-state index < -0.39 is 10.0 Å². The summed E-state index contributed by atoms with van der Waals surface area (Å²) in [5.74, 6) is 0.535. The number of ether oxygens (including phenoxy) is 1. The Kier molecular flexibility index (Phi) is 5.16. The summed E-state index contributed by atoms with van der Waals surface area (Å²) in [5, 5.41) is 3.24. The Morgan fingerprint density at radius 3 is 2.75 bits per heavy atom. The van der Waals surface area contributed by atoms with E-state index in [1.165, 1.54) is 13.3 Å². The lowest BCUT2D eigenvalue weighted by atomic mass is 10.4. The molecule has 0 unspecified atom stereocenters. The van der Waals surface area contributed by atoms with E-state index in [2.05, 4.69) is 19.9 Å². The SMILES string of the molecule is COc1ccc(NS(=O)(=O)CCN2CCNCC2)cn1. The third-order valence-electron chi connectivity index (χ3n) is 3.10. The highest BCUT2D eigenvalue weighted by Crippen LogP contribution is 2.12. The van der Waals surface area contributed by atoms with E-state index in [1.807, 2.05) is 0 Å². The first-order valence-corrected chi connectivity index (χ1v) is 8.18. The number of rotatable bonds is 6. The van der Waals surface area contributed by atoms with E-state index in [9.17, 15) is 8.42 Å². The highest BCUT2D eigenvalue weighted by Gasteiger charge is 2.15. The van der Waals surface area contributed by atoms with Crippen LogP contribution in [0.3, 0.4) is 0 Å². The molecule has 1 saturated heterocycles. The summed E-state index contributed by atoms with van der Waals surface area (Å²) in [6.07, 6.45) is 1.45. The summed E-state index contributed by atoms with van der Waals surface area (Å²) >= 11 is 0. The molecular weight excluding hydrogens is 280 g/mol. The van der Waals surface area contributed by atoms with Crippen molar-refractivity contribution in [3.05, 3.63) is 18.3 Å². The van der Waals surface area contributed by atoms with Crippen LogP contribution in [0.25, 0.3) is 0 Å². The molecule has 1 aromatic rings. The van der Waals surface area contributed by atoms with E-state index in [0.717, 1.165) is 26.2 Å². The zero-order chi connectivity index (χ0) is 14.4. The molecule has 0 radical (unpaired) electrons. The van der Waals surface area contributed by atoms with Crippen molar-refractivity contribution in [1.82, 2.24) is 15.2 Å².